The fraction of sp³-hybridized carbons (Fsp3) is 0.405. The number of hydrogen-bond donors (Lipinski definition) is 6. The quantitative estimate of drug-likeness (QED) is 0.0959. The molecule has 11 nitrogen and oxygen atoms in total. The van der Waals surface area contributed by atoms with Gasteiger partial charge in [0.2, 0.25) is 23.6 Å². The predicted octanol–water partition coefficient (Wildman–Crippen LogP) is 4.01. The first-order valence-electron chi connectivity index (χ1n) is 16.9. The monoisotopic (exact) mass is 712 g/mol. The Hall–Kier alpha value is -4.95. The maximum atomic E-state index is 13.8. The van der Waals surface area contributed by atoms with Crippen molar-refractivity contribution in [1.29, 1.82) is 0 Å². The molecule has 3 aromatic carbocycles. The number of alkyl halides is 3. The van der Waals surface area contributed by atoms with Gasteiger partial charge >= 0.3 is 6.18 Å². The molecule has 0 fully saturated rings. The van der Waals surface area contributed by atoms with E-state index in [0.717, 1.165) is 17.7 Å². The Bertz CT molecular complexity index is 1540. The van der Waals surface area contributed by atoms with Gasteiger partial charge in [0.25, 0.3) is 0 Å². The van der Waals surface area contributed by atoms with E-state index in [9.17, 15) is 32.3 Å². The lowest BCUT2D eigenvalue weighted by molar-refractivity contribution is -0.137. The fourth-order valence-electron chi connectivity index (χ4n) is 5.18. The van der Waals surface area contributed by atoms with Crippen LogP contribution >= 0.6 is 0 Å². The highest BCUT2D eigenvalue weighted by atomic mass is 19.4. The summed E-state index contributed by atoms with van der Waals surface area (Å²) in [5.74, 6) is -1.65. The van der Waals surface area contributed by atoms with E-state index in [0.29, 0.717) is 62.1 Å². The van der Waals surface area contributed by atoms with E-state index in [2.05, 4.69) is 21.3 Å². The molecular formula is C37H47F3N6O5. The second kappa shape index (κ2) is 20.7. The molecule has 0 unspecified atom stereocenters. The van der Waals surface area contributed by atoms with Crippen LogP contribution in [0.4, 0.5) is 13.2 Å². The highest BCUT2D eigenvalue weighted by Gasteiger charge is 2.31. The molecule has 0 spiro atoms. The topological polar surface area (TPSA) is 178 Å². The third-order valence-electron chi connectivity index (χ3n) is 7.98. The van der Waals surface area contributed by atoms with Crippen LogP contribution in [0.1, 0.15) is 73.7 Å². The van der Waals surface area contributed by atoms with Crippen LogP contribution in [0.3, 0.4) is 0 Å². The molecule has 0 heterocycles. The number of carbonyl (C=O) groups is 4. The molecule has 3 atom stereocenters. The Morgan fingerprint density at radius 2 is 1.25 bits per heavy atom. The van der Waals surface area contributed by atoms with Crippen molar-refractivity contribution >= 4 is 23.6 Å². The van der Waals surface area contributed by atoms with E-state index in [1.807, 2.05) is 30.3 Å². The van der Waals surface area contributed by atoms with Crippen molar-refractivity contribution in [2.45, 2.75) is 82.9 Å². The molecule has 3 aromatic rings. The molecule has 0 aromatic heterocycles. The molecule has 4 amide bonds. The standard InChI is InChI=1S/C37H47F3N6O5/c1-25(47)44-31(11-5-7-21-41)34(48)45-32(12-6-8-22-42)35(49)46-33(36(50)43-23-26-9-3-2-4-10-26)28-15-19-30(20-16-28)51-24-27-13-17-29(18-14-27)37(38,39)40/h2-4,9-10,13-20,31-33H,5-8,11-12,21-24,41-42H2,1H3,(H,43,50)(H,44,47)(H,45,48)(H,46,49)/t31-,32-,33-/m0/s1. The Balaban J connectivity index is 1.80. The van der Waals surface area contributed by atoms with Crippen molar-refractivity contribution in [2.24, 2.45) is 11.5 Å². The summed E-state index contributed by atoms with van der Waals surface area (Å²) in [5, 5.41) is 11.0. The molecule has 51 heavy (non-hydrogen) atoms. The molecule has 14 heteroatoms. The molecule has 0 bridgehead atoms. The van der Waals surface area contributed by atoms with Crippen LogP contribution in [0.15, 0.2) is 78.9 Å². The number of nitrogens with one attached hydrogen (secondary N) is 4. The average Bonchev–Trinajstić information content (AvgIpc) is 3.11. The van der Waals surface area contributed by atoms with Gasteiger partial charge in [0, 0.05) is 13.5 Å². The zero-order chi connectivity index (χ0) is 37.2. The smallest absolute Gasteiger partial charge is 0.416 e. The molecule has 0 saturated carbocycles. The maximum Gasteiger partial charge on any atom is 0.416 e. The lowest BCUT2D eigenvalue weighted by Gasteiger charge is -2.25. The van der Waals surface area contributed by atoms with Crippen LogP contribution in [0, 0.1) is 0 Å². The molecule has 3 rings (SSSR count). The SMILES string of the molecule is CC(=O)N[C@@H](CCCCN)C(=O)N[C@@H](CCCCN)C(=O)N[C@H](C(=O)NCc1ccccc1)c1ccc(OCc2ccc(C(F)(F)F)cc2)cc1. The van der Waals surface area contributed by atoms with Crippen LogP contribution in [0.25, 0.3) is 0 Å². The van der Waals surface area contributed by atoms with Gasteiger partial charge < -0.3 is 37.5 Å². The summed E-state index contributed by atoms with van der Waals surface area (Å²) < 4.78 is 44.5. The first-order chi connectivity index (χ1) is 24.4. The van der Waals surface area contributed by atoms with Gasteiger partial charge in [-0.1, -0.05) is 54.6 Å². The van der Waals surface area contributed by atoms with Crippen LogP contribution in [-0.2, 0) is 38.5 Å². The normalized spacial score (nSPS) is 13.0. The maximum absolute atomic E-state index is 13.8. The highest BCUT2D eigenvalue weighted by Crippen LogP contribution is 2.29. The van der Waals surface area contributed by atoms with Crippen molar-refractivity contribution in [3.05, 3.63) is 101 Å². The van der Waals surface area contributed by atoms with Crippen LogP contribution in [0.5, 0.6) is 5.75 Å². The summed E-state index contributed by atoms with van der Waals surface area (Å²) in [6, 6.07) is 17.1. The van der Waals surface area contributed by atoms with Gasteiger partial charge in [0.05, 0.1) is 5.56 Å². The number of nitrogens with two attached hydrogens (primary N) is 2. The second-order valence-electron chi connectivity index (χ2n) is 12.1. The van der Waals surface area contributed by atoms with Crippen LogP contribution < -0.4 is 37.5 Å². The molecule has 0 saturated heterocycles. The van der Waals surface area contributed by atoms with Gasteiger partial charge in [-0.25, -0.2) is 0 Å². The number of rotatable bonds is 20. The third-order valence-corrected chi connectivity index (χ3v) is 7.98. The molecule has 0 aliphatic carbocycles. The van der Waals surface area contributed by atoms with Crippen molar-refractivity contribution < 1.29 is 37.1 Å². The molecule has 0 aliphatic heterocycles. The number of carbonyl (C=O) groups excluding carboxylic acids is 4. The molecular weight excluding hydrogens is 665 g/mol. The van der Waals surface area contributed by atoms with E-state index in [4.69, 9.17) is 16.2 Å². The lowest BCUT2D eigenvalue weighted by Crippen LogP contribution is -2.54. The number of halogens is 3. The van der Waals surface area contributed by atoms with Gasteiger partial charge in [-0.15, -0.1) is 0 Å². The van der Waals surface area contributed by atoms with Gasteiger partial charge in [-0.3, -0.25) is 19.2 Å². The molecule has 0 aliphatic rings. The third kappa shape index (κ3) is 14.1. The summed E-state index contributed by atoms with van der Waals surface area (Å²) in [7, 11) is 0. The zero-order valence-corrected chi connectivity index (χ0v) is 28.6. The Morgan fingerprint density at radius 3 is 1.80 bits per heavy atom. The van der Waals surface area contributed by atoms with E-state index in [1.165, 1.54) is 19.1 Å². The first-order valence-corrected chi connectivity index (χ1v) is 16.9. The van der Waals surface area contributed by atoms with Crippen LogP contribution in [-0.4, -0.2) is 48.8 Å². The molecule has 276 valence electrons. The first kappa shape index (κ1) is 40.5. The van der Waals surface area contributed by atoms with E-state index in [1.54, 1.807) is 24.3 Å². The number of ether oxygens (including phenoxy) is 1. The van der Waals surface area contributed by atoms with Gasteiger partial charge in [-0.2, -0.15) is 13.2 Å². The van der Waals surface area contributed by atoms with Gasteiger partial charge in [-0.05, 0) is 92.6 Å². The zero-order valence-electron chi connectivity index (χ0n) is 28.6. The fourth-order valence-corrected chi connectivity index (χ4v) is 5.18. The summed E-state index contributed by atoms with van der Waals surface area (Å²) in [6.45, 7) is 2.31. The van der Waals surface area contributed by atoms with E-state index in [-0.39, 0.29) is 19.6 Å². The number of hydrogen-bond acceptors (Lipinski definition) is 7. The highest BCUT2D eigenvalue weighted by molar-refractivity contribution is 5.94. The Morgan fingerprint density at radius 1 is 0.686 bits per heavy atom. The van der Waals surface area contributed by atoms with Gasteiger partial charge in [0.15, 0.2) is 0 Å². The van der Waals surface area contributed by atoms with Crippen molar-refractivity contribution in [3.63, 3.8) is 0 Å². The number of amides is 4. The second-order valence-corrected chi connectivity index (χ2v) is 12.1. The van der Waals surface area contributed by atoms with Gasteiger partial charge in [0.1, 0.15) is 30.5 Å². The lowest BCUT2D eigenvalue weighted by atomic mass is 10.0. The average molecular weight is 713 g/mol. The number of benzene rings is 3. The minimum atomic E-state index is -4.44. The van der Waals surface area contributed by atoms with Crippen molar-refractivity contribution in [2.75, 3.05) is 13.1 Å². The molecule has 8 N–H and O–H groups in total. The predicted molar refractivity (Wildman–Crippen MR) is 187 cm³/mol. The van der Waals surface area contributed by atoms with E-state index < -0.39 is 53.5 Å². The Labute approximate surface area is 296 Å². The van der Waals surface area contributed by atoms with Crippen molar-refractivity contribution in [3.8, 4) is 5.75 Å². The summed E-state index contributed by atoms with van der Waals surface area (Å²) >= 11 is 0. The molecule has 0 radical (unpaired) electrons. The van der Waals surface area contributed by atoms with Crippen LogP contribution in [0.2, 0.25) is 0 Å². The largest absolute Gasteiger partial charge is 0.489 e. The minimum Gasteiger partial charge on any atom is -0.489 e. The number of unbranched alkanes of at least 4 members (excludes halogenated alkanes) is 2. The minimum absolute atomic E-state index is 0.00505. The van der Waals surface area contributed by atoms with E-state index >= 15 is 0 Å². The summed E-state index contributed by atoms with van der Waals surface area (Å²) in [6.07, 6.45) is -1.51. The summed E-state index contributed by atoms with van der Waals surface area (Å²) in [5.41, 5.74) is 12.3. The summed E-state index contributed by atoms with van der Waals surface area (Å²) in [4.78, 5) is 52.6. The Kier molecular flexibility index (Phi) is 16.4. The van der Waals surface area contributed by atoms with Crippen molar-refractivity contribution in [1.82, 2.24) is 21.3 Å².